The Labute approximate surface area is 102 Å². The van der Waals surface area contributed by atoms with Crippen molar-refractivity contribution in [1.82, 2.24) is 5.32 Å². The summed E-state index contributed by atoms with van der Waals surface area (Å²) in [6, 6.07) is 0.890. The van der Waals surface area contributed by atoms with Gasteiger partial charge in [-0.3, -0.25) is 4.79 Å². The van der Waals surface area contributed by atoms with Gasteiger partial charge in [0.05, 0.1) is 5.56 Å². The molecular formula is C10H6F5NO3. The number of amides is 1. The Morgan fingerprint density at radius 3 is 2.00 bits per heavy atom. The maximum Gasteiger partial charge on any atom is 0.471 e. The molecule has 0 radical (unpaired) electrons. The first-order chi connectivity index (χ1) is 8.62. The number of hydrogen-bond donors (Lipinski definition) is 2. The van der Waals surface area contributed by atoms with E-state index in [-0.39, 0.29) is 0 Å². The van der Waals surface area contributed by atoms with Gasteiger partial charge in [0, 0.05) is 12.1 Å². The zero-order chi connectivity index (χ0) is 14.8. The van der Waals surface area contributed by atoms with Gasteiger partial charge < -0.3 is 10.4 Å². The first kappa shape index (κ1) is 14.9. The van der Waals surface area contributed by atoms with E-state index in [1.54, 1.807) is 0 Å². The highest BCUT2D eigenvalue weighted by Gasteiger charge is 2.38. The summed E-state index contributed by atoms with van der Waals surface area (Å²) in [6.45, 7) is -1.05. The van der Waals surface area contributed by atoms with Crippen LogP contribution in [0.1, 0.15) is 15.9 Å². The van der Waals surface area contributed by atoms with Crippen molar-refractivity contribution in [3.05, 3.63) is 34.9 Å². The summed E-state index contributed by atoms with van der Waals surface area (Å²) in [5.74, 6) is -6.67. The number of carbonyl (C=O) groups is 2. The monoisotopic (exact) mass is 283 g/mol. The van der Waals surface area contributed by atoms with Crippen molar-refractivity contribution in [2.75, 3.05) is 0 Å². The van der Waals surface area contributed by atoms with Crippen molar-refractivity contribution in [3.8, 4) is 0 Å². The average molecular weight is 283 g/mol. The van der Waals surface area contributed by atoms with Gasteiger partial charge in [-0.2, -0.15) is 13.2 Å². The number of rotatable bonds is 3. The lowest BCUT2D eigenvalue weighted by Crippen LogP contribution is -2.36. The second-order valence-electron chi connectivity index (χ2n) is 3.40. The minimum Gasteiger partial charge on any atom is -0.478 e. The van der Waals surface area contributed by atoms with E-state index in [9.17, 15) is 31.5 Å². The van der Waals surface area contributed by atoms with E-state index < -0.39 is 47.4 Å². The molecule has 9 heteroatoms. The van der Waals surface area contributed by atoms with E-state index in [0.717, 1.165) is 0 Å². The van der Waals surface area contributed by atoms with Crippen molar-refractivity contribution >= 4 is 11.9 Å². The molecule has 1 rings (SSSR count). The molecule has 0 atom stereocenters. The van der Waals surface area contributed by atoms with E-state index in [2.05, 4.69) is 0 Å². The standard InChI is InChI=1S/C10H6F5NO3/c11-6-1-4(8(17)18)2-7(12)5(6)3-16-9(19)10(13,14)15/h1-2H,3H2,(H,16,19)(H,17,18). The fourth-order valence-electron chi connectivity index (χ4n) is 1.16. The van der Waals surface area contributed by atoms with Crippen molar-refractivity contribution in [3.63, 3.8) is 0 Å². The van der Waals surface area contributed by atoms with Gasteiger partial charge in [-0.25, -0.2) is 13.6 Å². The third-order valence-corrected chi connectivity index (χ3v) is 2.07. The molecule has 0 aliphatic rings. The average Bonchev–Trinajstić information content (AvgIpc) is 2.25. The van der Waals surface area contributed by atoms with Gasteiger partial charge in [0.1, 0.15) is 11.6 Å². The molecule has 0 bridgehead atoms. The third kappa shape index (κ3) is 3.63. The normalized spacial score (nSPS) is 11.2. The van der Waals surface area contributed by atoms with Crippen LogP contribution in [0.5, 0.6) is 0 Å². The van der Waals surface area contributed by atoms with Gasteiger partial charge in [0.15, 0.2) is 0 Å². The van der Waals surface area contributed by atoms with Crippen molar-refractivity contribution in [2.24, 2.45) is 0 Å². The predicted octanol–water partition coefficient (Wildman–Crippen LogP) is 1.84. The zero-order valence-corrected chi connectivity index (χ0v) is 9.02. The largest absolute Gasteiger partial charge is 0.478 e. The molecule has 19 heavy (non-hydrogen) atoms. The van der Waals surface area contributed by atoms with Crippen LogP contribution in [0.25, 0.3) is 0 Å². The summed E-state index contributed by atoms with van der Waals surface area (Å²) in [5, 5.41) is 9.78. The lowest BCUT2D eigenvalue weighted by atomic mass is 10.1. The summed E-state index contributed by atoms with van der Waals surface area (Å²) >= 11 is 0. The Balaban J connectivity index is 2.92. The highest BCUT2D eigenvalue weighted by atomic mass is 19.4. The Bertz CT molecular complexity index is 503. The lowest BCUT2D eigenvalue weighted by molar-refractivity contribution is -0.173. The number of alkyl halides is 3. The molecule has 2 N–H and O–H groups in total. The first-order valence-corrected chi connectivity index (χ1v) is 4.69. The Morgan fingerprint density at radius 1 is 1.16 bits per heavy atom. The van der Waals surface area contributed by atoms with Crippen LogP contribution in [0.15, 0.2) is 12.1 Å². The van der Waals surface area contributed by atoms with Crippen molar-refractivity contribution in [1.29, 1.82) is 0 Å². The smallest absolute Gasteiger partial charge is 0.471 e. The number of halogens is 5. The molecule has 1 amide bonds. The van der Waals surface area contributed by atoms with E-state index in [4.69, 9.17) is 5.11 Å². The van der Waals surface area contributed by atoms with Crippen LogP contribution < -0.4 is 5.32 Å². The Kier molecular flexibility index (Phi) is 4.07. The molecule has 1 aromatic rings. The second kappa shape index (κ2) is 5.21. The molecule has 0 saturated carbocycles. The summed E-state index contributed by atoms with van der Waals surface area (Å²) in [7, 11) is 0. The second-order valence-corrected chi connectivity index (χ2v) is 3.40. The molecule has 1 aromatic carbocycles. The van der Waals surface area contributed by atoms with Crippen molar-refractivity contribution < 1.29 is 36.6 Å². The number of hydrogen-bond acceptors (Lipinski definition) is 2. The number of nitrogens with one attached hydrogen (secondary N) is 1. The molecule has 0 fully saturated rings. The van der Waals surface area contributed by atoms with Crippen LogP contribution in [-0.2, 0) is 11.3 Å². The maximum atomic E-state index is 13.3. The fraction of sp³-hybridized carbons (Fsp3) is 0.200. The molecule has 0 aliphatic heterocycles. The Hall–Kier alpha value is -2.19. The van der Waals surface area contributed by atoms with E-state index >= 15 is 0 Å². The summed E-state index contributed by atoms with van der Waals surface area (Å²) in [6.07, 6.45) is -5.17. The maximum absolute atomic E-state index is 13.3. The molecule has 4 nitrogen and oxygen atoms in total. The van der Waals surface area contributed by atoms with E-state index in [0.29, 0.717) is 12.1 Å². The van der Waals surface area contributed by atoms with Crippen LogP contribution in [-0.4, -0.2) is 23.2 Å². The Morgan fingerprint density at radius 2 is 1.63 bits per heavy atom. The molecule has 0 aromatic heterocycles. The summed E-state index contributed by atoms with van der Waals surface area (Å²) < 4.78 is 62.1. The van der Waals surface area contributed by atoms with Gasteiger partial charge >= 0.3 is 18.1 Å². The summed E-state index contributed by atoms with van der Waals surface area (Å²) in [5.41, 5.74) is -1.55. The minimum absolute atomic E-state index is 0.445. The van der Waals surface area contributed by atoms with E-state index in [1.807, 2.05) is 0 Å². The number of carboxylic acids is 1. The first-order valence-electron chi connectivity index (χ1n) is 4.69. The SMILES string of the molecule is O=C(O)c1cc(F)c(CNC(=O)C(F)(F)F)c(F)c1. The highest BCUT2D eigenvalue weighted by Crippen LogP contribution is 2.18. The van der Waals surface area contributed by atoms with Gasteiger partial charge in [-0.15, -0.1) is 0 Å². The molecule has 0 heterocycles. The van der Waals surface area contributed by atoms with Gasteiger partial charge in [-0.1, -0.05) is 0 Å². The van der Waals surface area contributed by atoms with Crippen LogP contribution in [0.2, 0.25) is 0 Å². The molecular weight excluding hydrogens is 277 g/mol. The quantitative estimate of drug-likeness (QED) is 0.832. The lowest BCUT2D eigenvalue weighted by Gasteiger charge is -2.09. The van der Waals surface area contributed by atoms with E-state index in [1.165, 1.54) is 5.32 Å². The highest BCUT2D eigenvalue weighted by molar-refractivity contribution is 5.87. The molecule has 0 saturated heterocycles. The topological polar surface area (TPSA) is 66.4 Å². The molecule has 0 aliphatic carbocycles. The predicted molar refractivity (Wildman–Crippen MR) is 51.2 cm³/mol. The number of carbonyl (C=O) groups excluding carboxylic acids is 1. The van der Waals surface area contributed by atoms with Crippen molar-refractivity contribution in [2.45, 2.75) is 12.7 Å². The minimum atomic E-state index is -5.17. The van der Waals surface area contributed by atoms with Crippen LogP contribution in [0.4, 0.5) is 22.0 Å². The van der Waals surface area contributed by atoms with Gasteiger partial charge in [-0.05, 0) is 12.1 Å². The fourth-order valence-corrected chi connectivity index (χ4v) is 1.16. The number of carboxylic acid groups (broad SMARTS) is 1. The number of aromatic carboxylic acids is 1. The summed E-state index contributed by atoms with van der Waals surface area (Å²) in [4.78, 5) is 20.9. The van der Waals surface area contributed by atoms with Crippen LogP contribution >= 0.6 is 0 Å². The van der Waals surface area contributed by atoms with Gasteiger partial charge in [0.25, 0.3) is 0 Å². The molecule has 0 spiro atoms. The van der Waals surface area contributed by atoms with Gasteiger partial charge in [0.2, 0.25) is 0 Å². The zero-order valence-electron chi connectivity index (χ0n) is 9.02. The van der Waals surface area contributed by atoms with Crippen LogP contribution in [0.3, 0.4) is 0 Å². The number of benzene rings is 1. The molecule has 104 valence electrons. The third-order valence-electron chi connectivity index (χ3n) is 2.07. The molecule has 0 unspecified atom stereocenters. The van der Waals surface area contributed by atoms with Crippen LogP contribution in [0, 0.1) is 11.6 Å².